The molecule has 0 N–H and O–H groups in total. The van der Waals surface area contributed by atoms with Crippen LogP contribution in [0.1, 0.15) is 24.0 Å². The minimum Gasteiger partial charge on any atom is -0.366 e. The molecule has 2 aliphatic heterocycles. The molecule has 8 heteroatoms. The van der Waals surface area contributed by atoms with E-state index < -0.39 is 10.0 Å². The summed E-state index contributed by atoms with van der Waals surface area (Å²) in [6, 6.07) is 14.3. The van der Waals surface area contributed by atoms with Gasteiger partial charge in [0.25, 0.3) is 0 Å². The van der Waals surface area contributed by atoms with Crippen molar-refractivity contribution in [1.29, 1.82) is 0 Å². The summed E-state index contributed by atoms with van der Waals surface area (Å²) in [6.07, 6.45) is 1.08. The highest BCUT2D eigenvalue weighted by Crippen LogP contribution is 2.25. The molecule has 32 heavy (non-hydrogen) atoms. The number of carbonyl (C=O) groups is 1. The predicted octanol–water partition coefficient (Wildman–Crippen LogP) is 3.02. The van der Waals surface area contributed by atoms with Crippen LogP contribution in [0.4, 0.5) is 10.1 Å². The number of halogens is 1. The van der Waals surface area contributed by atoms with E-state index in [9.17, 15) is 17.6 Å². The molecule has 6 nitrogen and oxygen atoms in total. The first kappa shape index (κ1) is 22.7. The van der Waals surface area contributed by atoms with Crippen molar-refractivity contribution >= 4 is 21.6 Å². The average molecular weight is 460 g/mol. The van der Waals surface area contributed by atoms with Crippen molar-refractivity contribution in [3.63, 3.8) is 0 Å². The van der Waals surface area contributed by atoms with Crippen LogP contribution in [0.2, 0.25) is 0 Å². The molecule has 1 amide bonds. The summed E-state index contributed by atoms with van der Waals surface area (Å²) in [7, 11) is -3.40. The molecule has 2 heterocycles. The second kappa shape index (κ2) is 9.58. The number of carbonyl (C=O) groups excluding carboxylic acids is 1. The highest BCUT2D eigenvalue weighted by atomic mass is 32.2. The van der Waals surface area contributed by atoms with E-state index in [2.05, 4.69) is 0 Å². The second-order valence-corrected chi connectivity index (χ2v) is 10.7. The molecule has 0 spiro atoms. The average Bonchev–Trinajstić information content (AvgIpc) is 2.79. The number of aryl methyl sites for hydroxylation is 1. The van der Waals surface area contributed by atoms with Crippen LogP contribution in [0.15, 0.2) is 48.5 Å². The molecule has 0 radical (unpaired) electrons. The van der Waals surface area contributed by atoms with Crippen LogP contribution < -0.4 is 4.90 Å². The monoisotopic (exact) mass is 459 g/mol. The number of piperazine rings is 1. The molecule has 2 aliphatic rings. The minimum atomic E-state index is -3.40. The van der Waals surface area contributed by atoms with E-state index in [-0.39, 0.29) is 23.4 Å². The van der Waals surface area contributed by atoms with Gasteiger partial charge in [-0.2, -0.15) is 0 Å². The number of anilines is 1. The van der Waals surface area contributed by atoms with Crippen LogP contribution >= 0.6 is 0 Å². The number of rotatable bonds is 5. The van der Waals surface area contributed by atoms with Crippen molar-refractivity contribution in [3.8, 4) is 0 Å². The Morgan fingerprint density at radius 2 is 1.66 bits per heavy atom. The predicted molar refractivity (Wildman–Crippen MR) is 123 cm³/mol. The molecular formula is C24H30FN3O3S. The van der Waals surface area contributed by atoms with Gasteiger partial charge in [-0.3, -0.25) is 4.79 Å². The van der Waals surface area contributed by atoms with Gasteiger partial charge in [-0.1, -0.05) is 42.0 Å². The van der Waals surface area contributed by atoms with Crippen molar-refractivity contribution in [2.45, 2.75) is 25.5 Å². The number of para-hydroxylation sites is 1. The van der Waals surface area contributed by atoms with Gasteiger partial charge in [0.1, 0.15) is 5.82 Å². The number of nitrogens with zero attached hydrogens (tertiary/aromatic N) is 3. The highest BCUT2D eigenvalue weighted by molar-refractivity contribution is 7.88. The fraction of sp³-hybridized carbons (Fsp3) is 0.458. The Labute approximate surface area is 189 Å². The summed E-state index contributed by atoms with van der Waals surface area (Å²) in [4.78, 5) is 16.8. The smallest absolute Gasteiger partial charge is 0.225 e. The summed E-state index contributed by atoms with van der Waals surface area (Å²) in [5.41, 5.74) is 2.40. The van der Waals surface area contributed by atoms with Gasteiger partial charge < -0.3 is 9.80 Å². The molecule has 2 aromatic carbocycles. The number of piperidine rings is 1. The molecule has 2 fully saturated rings. The van der Waals surface area contributed by atoms with E-state index in [1.165, 1.54) is 10.4 Å². The normalized spacial score (nSPS) is 18.7. The van der Waals surface area contributed by atoms with Gasteiger partial charge in [0.2, 0.25) is 15.9 Å². The van der Waals surface area contributed by atoms with Gasteiger partial charge >= 0.3 is 0 Å². The lowest BCUT2D eigenvalue weighted by Gasteiger charge is -2.39. The maximum Gasteiger partial charge on any atom is 0.225 e. The van der Waals surface area contributed by atoms with Gasteiger partial charge in [-0.15, -0.1) is 0 Å². The molecule has 4 rings (SSSR count). The number of hydrogen-bond donors (Lipinski definition) is 0. The second-order valence-electron chi connectivity index (χ2n) is 8.68. The third-order valence-electron chi connectivity index (χ3n) is 6.41. The van der Waals surface area contributed by atoms with Gasteiger partial charge in [0, 0.05) is 45.2 Å². The van der Waals surface area contributed by atoms with Crippen molar-refractivity contribution in [1.82, 2.24) is 9.21 Å². The lowest BCUT2D eigenvalue weighted by Crippen LogP contribution is -2.52. The lowest BCUT2D eigenvalue weighted by molar-refractivity contribution is -0.137. The first-order valence-electron chi connectivity index (χ1n) is 11.1. The molecule has 0 aliphatic carbocycles. The summed E-state index contributed by atoms with van der Waals surface area (Å²) >= 11 is 0. The van der Waals surface area contributed by atoms with Crippen LogP contribution in [0.5, 0.6) is 0 Å². The summed E-state index contributed by atoms with van der Waals surface area (Å²) < 4.78 is 41.2. The molecule has 2 saturated heterocycles. The Balaban J connectivity index is 1.29. The van der Waals surface area contributed by atoms with Gasteiger partial charge in [0.15, 0.2) is 0 Å². The zero-order chi connectivity index (χ0) is 22.7. The van der Waals surface area contributed by atoms with Gasteiger partial charge in [-0.25, -0.2) is 17.1 Å². The van der Waals surface area contributed by atoms with Crippen LogP contribution in [0.25, 0.3) is 0 Å². The van der Waals surface area contributed by atoms with Crippen LogP contribution in [-0.4, -0.2) is 62.8 Å². The highest BCUT2D eigenvalue weighted by Gasteiger charge is 2.34. The zero-order valence-electron chi connectivity index (χ0n) is 18.4. The van der Waals surface area contributed by atoms with Gasteiger partial charge in [-0.05, 0) is 37.5 Å². The summed E-state index contributed by atoms with van der Waals surface area (Å²) in [5, 5.41) is 0. The number of benzene rings is 2. The first-order valence-corrected chi connectivity index (χ1v) is 12.8. The van der Waals surface area contributed by atoms with Crippen molar-refractivity contribution in [3.05, 3.63) is 65.5 Å². The van der Waals surface area contributed by atoms with Crippen LogP contribution in [0, 0.1) is 18.7 Å². The van der Waals surface area contributed by atoms with Crippen molar-refractivity contribution in [2.75, 3.05) is 44.2 Å². The van der Waals surface area contributed by atoms with E-state index in [0.717, 1.165) is 11.1 Å². The third-order valence-corrected chi connectivity index (χ3v) is 8.26. The van der Waals surface area contributed by atoms with E-state index in [4.69, 9.17) is 0 Å². The number of hydrogen-bond acceptors (Lipinski definition) is 4. The Morgan fingerprint density at radius 1 is 0.969 bits per heavy atom. The zero-order valence-corrected chi connectivity index (χ0v) is 19.2. The van der Waals surface area contributed by atoms with E-state index >= 15 is 0 Å². The fourth-order valence-corrected chi connectivity index (χ4v) is 6.17. The third kappa shape index (κ3) is 5.13. The molecule has 2 aromatic rings. The standard InChI is InChI=1S/C24H30FN3O3S/c1-19-5-4-6-20(17-19)18-32(30,31)28-11-9-21(10-12-28)24(29)27-15-13-26(14-16-27)23-8-3-2-7-22(23)25/h2-8,17,21H,9-16,18H2,1H3. The molecule has 0 aromatic heterocycles. The Bertz CT molecular complexity index is 1060. The largest absolute Gasteiger partial charge is 0.366 e. The van der Waals surface area contributed by atoms with E-state index in [0.29, 0.717) is 57.8 Å². The minimum absolute atomic E-state index is 0.00863. The summed E-state index contributed by atoms with van der Waals surface area (Å²) in [5.74, 6) is -0.313. The Kier molecular flexibility index (Phi) is 6.81. The van der Waals surface area contributed by atoms with E-state index in [1.807, 2.05) is 47.1 Å². The fourth-order valence-electron chi connectivity index (χ4n) is 4.62. The van der Waals surface area contributed by atoms with Crippen LogP contribution in [0.3, 0.4) is 0 Å². The lowest BCUT2D eigenvalue weighted by atomic mass is 9.96. The SMILES string of the molecule is Cc1cccc(CS(=O)(=O)N2CCC(C(=O)N3CCN(c4ccccc4F)CC3)CC2)c1. The molecular weight excluding hydrogens is 429 g/mol. The molecule has 0 bridgehead atoms. The van der Waals surface area contributed by atoms with Crippen LogP contribution in [-0.2, 0) is 20.6 Å². The molecule has 172 valence electrons. The Hall–Kier alpha value is -2.45. The maximum absolute atomic E-state index is 14.0. The first-order chi connectivity index (χ1) is 15.3. The van der Waals surface area contributed by atoms with Gasteiger partial charge in [0.05, 0.1) is 11.4 Å². The molecule has 0 saturated carbocycles. The number of sulfonamides is 1. The van der Waals surface area contributed by atoms with Crippen molar-refractivity contribution in [2.24, 2.45) is 5.92 Å². The van der Waals surface area contributed by atoms with E-state index in [1.54, 1.807) is 12.1 Å². The quantitative estimate of drug-likeness (QED) is 0.690. The Morgan fingerprint density at radius 3 is 2.31 bits per heavy atom. The summed E-state index contributed by atoms with van der Waals surface area (Å²) in [6.45, 7) is 4.99. The topological polar surface area (TPSA) is 60.9 Å². The van der Waals surface area contributed by atoms with Crippen molar-refractivity contribution < 1.29 is 17.6 Å². The number of amides is 1. The maximum atomic E-state index is 14.0. The molecule has 0 atom stereocenters. The molecule has 0 unspecified atom stereocenters.